The molecule has 0 atom stereocenters. The maximum absolute atomic E-state index is 13.2. The van der Waals surface area contributed by atoms with E-state index < -0.39 is 11.8 Å². The van der Waals surface area contributed by atoms with E-state index >= 15 is 0 Å². The molecular formula is C11H6BrClFNO2. The summed E-state index contributed by atoms with van der Waals surface area (Å²) < 4.78 is 17.8. The monoisotopic (exact) mass is 317 g/mol. The second-order valence-corrected chi connectivity index (χ2v) is 4.04. The highest BCUT2D eigenvalue weighted by molar-refractivity contribution is 9.15. The first-order valence-corrected chi connectivity index (χ1v) is 5.50. The van der Waals surface area contributed by atoms with E-state index in [0.29, 0.717) is 0 Å². The van der Waals surface area contributed by atoms with Crippen LogP contribution >= 0.6 is 27.5 Å². The van der Waals surface area contributed by atoms with E-state index in [1.54, 1.807) is 0 Å². The minimum atomic E-state index is -0.813. The molecule has 0 spiro atoms. The summed E-state index contributed by atoms with van der Waals surface area (Å²) in [6.45, 7) is 6.90. The Kier molecular flexibility index (Phi) is 4.67. The lowest BCUT2D eigenvalue weighted by Crippen LogP contribution is -2.03. The molecule has 0 aliphatic carbocycles. The summed E-state index contributed by atoms with van der Waals surface area (Å²) in [6, 6.07) is 4.10. The standard InChI is InChI=1S/C11H6BrClFNO2/c1-15-10(11(16)17-2)8(12)6-4-3-5-7(14)9(6)13/h3-5H,2H3/b10-8-. The number of carbonyl (C=O) groups excluding carboxylic acids is 1. The fourth-order valence-corrected chi connectivity index (χ4v) is 2.00. The van der Waals surface area contributed by atoms with Crippen molar-refractivity contribution in [3.8, 4) is 0 Å². The van der Waals surface area contributed by atoms with Crippen molar-refractivity contribution in [3.63, 3.8) is 0 Å². The van der Waals surface area contributed by atoms with Crippen LogP contribution in [0.15, 0.2) is 23.9 Å². The quantitative estimate of drug-likeness (QED) is 0.473. The molecule has 0 N–H and O–H groups in total. The van der Waals surface area contributed by atoms with Crippen LogP contribution in [0, 0.1) is 12.4 Å². The lowest BCUT2D eigenvalue weighted by molar-refractivity contribution is -0.135. The number of methoxy groups -OCH3 is 1. The first-order chi connectivity index (χ1) is 8.02. The summed E-state index contributed by atoms with van der Waals surface area (Å²) in [5, 5.41) is -0.163. The normalized spacial score (nSPS) is 11.5. The fourth-order valence-electron chi connectivity index (χ4n) is 1.08. The Morgan fingerprint density at radius 3 is 2.76 bits per heavy atom. The fraction of sp³-hybridized carbons (Fsp3) is 0.0909. The van der Waals surface area contributed by atoms with Crippen LogP contribution in [0.1, 0.15) is 5.56 Å². The van der Waals surface area contributed by atoms with Crippen molar-refractivity contribution in [2.24, 2.45) is 0 Å². The van der Waals surface area contributed by atoms with Crippen LogP contribution in [-0.2, 0) is 9.53 Å². The van der Waals surface area contributed by atoms with Crippen LogP contribution in [0.2, 0.25) is 5.02 Å². The zero-order chi connectivity index (χ0) is 13.0. The van der Waals surface area contributed by atoms with Gasteiger partial charge in [-0.15, -0.1) is 0 Å². The van der Waals surface area contributed by atoms with Crippen molar-refractivity contribution in [3.05, 3.63) is 51.7 Å². The number of nitrogens with zero attached hydrogens (tertiary/aromatic N) is 1. The lowest BCUT2D eigenvalue weighted by atomic mass is 10.2. The van der Waals surface area contributed by atoms with E-state index in [0.717, 1.165) is 7.11 Å². The third-order valence-electron chi connectivity index (χ3n) is 1.89. The molecule has 0 heterocycles. The highest BCUT2D eigenvalue weighted by Crippen LogP contribution is 2.33. The van der Waals surface area contributed by atoms with Gasteiger partial charge in [-0.25, -0.2) is 9.24 Å². The average molecular weight is 319 g/mol. The molecule has 3 nitrogen and oxygen atoms in total. The van der Waals surface area contributed by atoms with Crippen molar-refractivity contribution in [2.75, 3.05) is 7.11 Å². The first kappa shape index (κ1) is 13.7. The van der Waals surface area contributed by atoms with E-state index in [9.17, 15) is 9.18 Å². The van der Waals surface area contributed by atoms with Gasteiger partial charge in [0.2, 0.25) is 0 Å². The summed E-state index contributed by atoms with van der Waals surface area (Å²) in [7, 11) is 1.15. The van der Waals surface area contributed by atoms with Gasteiger partial charge >= 0.3 is 5.97 Å². The molecule has 0 aliphatic rings. The number of benzene rings is 1. The van der Waals surface area contributed by atoms with Crippen LogP contribution in [0.3, 0.4) is 0 Å². The Labute approximate surface area is 111 Å². The molecule has 0 aliphatic heterocycles. The van der Waals surface area contributed by atoms with Crippen LogP contribution in [0.5, 0.6) is 0 Å². The minimum absolute atomic E-state index is 0.101. The van der Waals surface area contributed by atoms with E-state index in [4.69, 9.17) is 18.2 Å². The van der Waals surface area contributed by atoms with E-state index in [1.807, 2.05) is 0 Å². The topological polar surface area (TPSA) is 30.7 Å². The van der Waals surface area contributed by atoms with Gasteiger partial charge in [0.25, 0.3) is 5.70 Å². The molecule has 0 radical (unpaired) electrons. The summed E-state index contributed by atoms with van der Waals surface area (Å²) in [6.07, 6.45) is 0. The Balaban J connectivity index is 3.42. The molecule has 1 aromatic rings. The summed E-state index contributed by atoms with van der Waals surface area (Å²) in [5.74, 6) is -1.44. The van der Waals surface area contributed by atoms with Crippen molar-refractivity contribution in [1.29, 1.82) is 0 Å². The average Bonchev–Trinajstić information content (AvgIpc) is 2.33. The number of halogens is 3. The zero-order valence-electron chi connectivity index (χ0n) is 8.63. The van der Waals surface area contributed by atoms with E-state index in [1.165, 1.54) is 18.2 Å². The van der Waals surface area contributed by atoms with Gasteiger partial charge in [-0.05, 0) is 6.07 Å². The maximum atomic E-state index is 13.2. The molecule has 0 amide bonds. The maximum Gasteiger partial charge on any atom is 0.337 e. The SMILES string of the molecule is [C-]#[N+]/C(C(=O)OC)=C(\Br)c1cccc(F)c1Cl. The van der Waals surface area contributed by atoms with Crippen molar-refractivity contribution in [1.82, 2.24) is 0 Å². The molecule has 0 saturated heterocycles. The lowest BCUT2D eigenvalue weighted by Gasteiger charge is -2.06. The third kappa shape index (κ3) is 2.84. The molecule has 0 fully saturated rings. The molecule has 0 unspecified atom stereocenters. The van der Waals surface area contributed by atoms with Gasteiger partial charge in [-0.1, -0.05) is 39.7 Å². The number of carbonyl (C=O) groups is 1. The second kappa shape index (κ2) is 5.80. The Morgan fingerprint density at radius 1 is 1.59 bits per heavy atom. The molecule has 0 aromatic heterocycles. The highest BCUT2D eigenvalue weighted by Gasteiger charge is 2.19. The predicted octanol–water partition coefficient (Wildman–Crippen LogP) is 3.63. The zero-order valence-corrected chi connectivity index (χ0v) is 11.0. The summed E-state index contributed by atoms with van der Waals surface area (Å²) >= 11 is 8.80. The number of ether oxygens (including phenoxy) is 1. The molecule has 88 valence electrons. The number of hydrogen-bond acceptors (Lipinski definition) is 2. The Hall–Kier alpha value is -1.38. The van der Waals surface area contributed by atoms with Gasteiger partial charge in [-0.2, -0.15) is 0 Å². The molecule has 17 heavy (non-hydrogen) atoms. The number of esters is 1. The van der Waals surface area contributed by atoms with Gasteiger partial charge in [0.15, 0.2) is 0 Å². The van der Waals surface area contributed by atoms with Crippen LogP contribution in [0.4, 0.5) is 4.39 Å². The first-order valence-electron chi connectivity index (χ1n) is 4.32. The summed E-state index contributed by atoms with van der Waals surface area (Å²) in [5.41, 5.74) is -0.0666. The molecule has 0 saturated carbocycles. The van der Waals surface area contributed by atoms with Crippen LogP contribution < -0.4 is 0 Å². The molecule has 0 bridgehead atoms. The molecule has 1 aromatic carbocycles. The Morgan fingerprint density at radius 2 is 2.24 bits per heavy atom. The van der Waals surface area contributed by atoms with E-state index in [2.05, 4.69) is 25.5 Å². The van der Waals surface area contributed by atoms with Crippen molar-refractivity contribution in [2.45, 2.75) is 0 Å². The number of hydrogen-bond donors (Lipinski definition) is 0. The smallest absolute Gasteiger partial charge is 0.337 e. The molecule has 6 heteroatoms. The molecular weight excluding hydrogens is 312 g/mol. The van der Waals surface area contributed by atoms with Crippen molar-refractivity contribution >= 4 is 38.0 Å². The largest absolute Gasteiger partial charge is 0.474 e. The van der Waals surface area contributed by atoms with Crippen molar-refractivity contribution < 1.29 is 13.9 Å². The Bertz CT molecular complexity index is 537. The van der Waals surface area contributed by atoms with Gasteiger partial charge in [0.05, 0.1) is 18.7 Å². The highest BCUT2D eigenvalue weighted by atomic mass is 79.9. The van der Waals surface area contributed by atoms with Gasteiger partial charge < -0.3 is 4.74 Å². The van der Waals surface area contributed by atoms with Gasteiger partial charge in [0, 0.05) is 10.0 Å². The van der Waals surface area contributed by atoms with Crippen LogP contribution in [0.25, 0.3) is 9.33 Å². The minimum Gasteiger partial charge on any atom is -0.474 e. The predicted molar refractivity (Wildman–Crippen MR) is 65.9 cm³/mol. The van der Waals surface area contributed by atoms with Gasteiger partial charge in [-0.3, -0.25) is 4.79 Å². The third-order valence-corrected chi connectivity index (χ3v) is 3.07. The molecule has 1 rings (SSSR count). The van der Waals surface area contributed by atoms with E-state index in [-0.39, 0.29) is 20.8 Å². The second-order valence-electron chi connectivity index (χ2n) is 2.87. The summed E-state index contributed by atoms with van der Waals surface area (Å²) in [4.78, 5) is 14.3. The van der Waals surface area contributed by atoms with Gasteiger partial charge in [0.1, 0.15) is 5.82 Å². The van der Waals surface area contributed by atoms with Crippen LogP contribution in [-0.4, -0.2) is 13.1 Å². The number of rotatable bonds is 2.